The highest BCUT2D eigenvalue weighted by Gasteiger charge is 2.45. The minimum absolute atomic E-state index is 0.463. The molecule has 0 amide bonds. The van der Waals surface area contributed by atoms with Crippen LogP contribution in [0.25, 0.3) is 10.9 Å². The zero-order valence-corrected chi connectivity index (χ0v) is 18.2. The molecular weight excluding hydrogens is 398 g/mol. The third-order valence-electron chi connectivity index (χ3n) is 7.33. The number of rotatable bonds is 3. The van der Waals surface area contributed by atoms with Crippen molar-refractivity contribution < 1.29 is 9.47 Å². The van der Waals surface area contributed by atoms with E-state index in [4.69, 9.17) is 21.1 Å². The van der Waals surface area contributed by atoms with Crippen LogP contribution in [0.3, 0.4) is 0 Å². The highest BCUT2D eigenvalue weighted by molar-refractivity contribution is 6.31. The maximum atomic E-state index is 6.44. The van der Waals surface area contributed by atoms with Crippen molar-refractivity contribution in [3.05, 3.63) is 64.1 Å². The molecule has 30 heavy (non-hydrogen) atoms. The fourth-order valence-corrected chi connectivity index (χ4v) is 6.08. The highest BCUT2D eigenvalue weighted by Crippen LogP contribution is 2.48. The summed E-state index contributed by atoms with van der Waals surface area (Å²) < 4.78 is 15.1. The van der Waals surface area contributed by atoms with Crippen molar-refractivity contribution in [2.45, 2.75) is 50.6 Å². The van der Waals surface area contributed by atoms with Crippen molar-refractivity contribution in [3.63, 3.8) is 0 Å². The summed E-state index contributed by atoms with van der Waals surface area (Å²) in [5, 5.41) is 2.06. The van der Waals surface area contributed by atoms with Gasteiger partial charge in [-0.2, -0.15) is 0 Å². The molecule has 0 aliphatic carbocycles. The Morgan fingerprint density at radius 3 is 2.83 bits per heavy atom. The van der Waals surface area contributed by atoms with Crippen LogP contribution in [0.15, 0.2) is 36.7 Å². The summed E-state index contributed by atoms with van der Waals surface area (Å²) in [6.45, 7) is 3.91. The van der Waals surface area contributed by atoms with Crippen LogP contribution in [0.5, 0.6) is 0 Å². The second kappa shape index (κ2) is 6.79. The number of pyridine rings is 1. The molecule has 2 saturated heterocycles. The van der Waals surface area contributed by atoms with Gasteiger partial charge in [-0.05, 0) is 62.2 Å². The number of hydrogen-bond acceptors (Lipinski definition) is 4. The topological polar surface area (TPSA) is 39.5 Å². The van der Waals surface area contributed by atoms with Crippen molar-refractivity contribution in [2.24, 2.45) is 0 Å². The third kappa shape index (κ3) is 2.62. The van der Waals surface area contributed by atoms with Gasteiger partial charge in [0.2, 0.25) is 5.79 Å². The summed E-state index contributed by atoms with van der Waals surface area (Å²) in [6.07, 6.45) is 7.23. The van der Waals surface area contributed by atoms with E-state index in [1.54, 1.807) is 0 Å². The Hall–Kier alpha value is -1.92. The molecule has 1 aromatic carbocycles. The lowest BCUT2D eigenvalue weighted by Gasteiger charge is -2.34. The number of aromatic nitrogens is 2. The molecule has 0 spiro atoms. The van der Waals surface area contributed by atoms with E-state index in [-0.39, 0.29) is 0 Å². The Labute approximate surface area is 181 Å². The molecule has 0 saturated carbocycles. The first-order chi connectivity index (χ1) is 14.6. The summed E-state index contributed by atoms with van der Waals surface area (Å²) in [7, 11) is 2.27. The standard InChI is InChI=1S/C24H26ClN3O2/c1-15-13-26-8-7-19(15)24(29-9-10-30-24)14-28-20-5-3-16(25)11-18(20)23-21-6-4-17(27(21)2)12-22(23)28/h3,5,7-8,11,13,17,21H,4,6,9-10,12,14H2,1-2H3. The minimum Gasteiger partial charge on any atom is -0.342 e. The Morgan fingerprint density at radius 2 is 2.03 bits per heavy atom. The fourth-order valence-electron chi connectivity index (χ4n) is 5.90. The number of hydrogen-bond donors (Lipinski definition) is 0. The summed E-state index contributed by atoms with van der Waals surface area (Å²) in [6, 6.07) is 9.39. The average molecular weight is 424 g/mol. The smallest absolute Gasteiger partial charge is 0.213 e. The van der Waals surface area contributed by atoms with E-state index in [0.717, 1.165) is 22.6 Å². The van der Waals surface area contributed by atoms with Crippen LogP contribution in [0.1, 0.15) is 41.3 Å². The zero-order chi connectivity index (χ0) is 20.5. The molecule has 3 aliphatic heterocycles. The lowest BCUT2D eigenvalue weighted by Crippen LogP contribution is -2.37. The molecule has 2 aromatic heterocycles. The van der Waals surface area contributed by atoms with E-state index in [1.165, 1.54) is 35.0 Å². The Bertz CT molecular complexity index is 1130. The Balaban J connectivity index is 1.55. The predicted molar refractivity (Wildman–Crippen MR) is 117 cm³/mol. The van der Waals surface area contributed by atoms with Crippen LogP contribution < -0.4 is 0 Å². The minimum atomic E-state index is -0.783. The molecule has 2 fully saturated rings. The first-order valence-electron chi connectivity index (χ1n) is 10.8. The molecule has 5 nitrogen and oxygen atoms in total. The van der Waals surface area contributed by atoms with Crippen LogP contribution in [0, 0.1) is 6.92 Å². The Morgan fingerprint density at radius 1 is 1.20 bits per heavy atom. The molecule has 0 radical (unpaired) electrons. The third-order valence-corrected chi connectivity index (χ3v) is 7.57. The van der Waals surface area contributed by atoms with Gasteiger partial charge in [0, 0.05) is 58.1 Å². The van der Waals surface area contributed by atoms with Gasteiger partial charge in [0.1, 0.15) is 0 Å². The van der Waals surface area contributed by atoms with Gasteiger partial charge >= 0.3 is 0 Å². The number of aryl methyl sites for hydroxylation is 1. The van der Waals surface area contributed by atoms with E-state index in [1.807, 2.05) is 24.5 Å². The van der Waals surface area contributed by atoms with E-state index in [0.29, 0.717) is 31.8 Å². The van der Waals surface area contributed by atoms with Crippen LogP contribution in [-0.4, -0.2) is 40.8 Å². The quantitative estimate of drug-likeness (QED) is 0.617. The van der Waals surface area contributed by atoms with Crippen molar-refractivity contribution in [1.29, 1.82) is 0 Å². The number of halogens is 1. The molecule has 5 heterocycles. The van der Waals surface area contributed by atoms with Crippen LogP contribution >= 0.6 is 11.6 Å². The van der Waals surface area contributed by atoms with Gasteiger partial charge in [-0.25, -0.2) is 0 Å². The molecular formula is C24H26ClN3O2. The van der Waals surface area contributed by atoms with Gasteiger partial charge in [0.15, 0.2) is 0 Å². The molecule has 2 bridgehead atoms. The normalized spacial score (nSPS) is 25.2. The summed E-state index contributed by atoms with van der Waals surface area (Å²) in [4.78, 5) is 6.83. The van der Waals surface area contributed by atoms with E-state index >= 15 is 0 Å². The lowest BCUT2D eigenvalue weighted by molar-refractivity contribution is -0.176. The number of nitrogens with zero attached hydrogens (tertiary/aromatic N) is 3. The molecule has 6 rings (SSSR count). The summed E-state index contributed by atoms with van der Waals surface area (Å²) >= 11 is 6.44. The van der Waals surface area contributed by atoms with Crippen LogP contribution in [0.2, 0.25) is 5.02 Å². The van der Waals surface area contributed by atoms with Gasteiger partial charge < -0.3 is 14.0 Å². The summed E-state index contributed by atoms with van der Waals surface area (Å²) in [5.41, 5.74) is 6.24. The first-order valence-corrected chi connectivity index (χ1v) is 11.2. The predicted octanol–water partition coefficient (Wildman–Crippen LogP) is 4.59. The second-order valence-electron chi connectivity index (χ2n) is 8.86. The van der Waals surface area contributed by atoms with Gasteiger partial charge in [-0.1, -0.05) is 11.6 Å². The molecule has 2 unspecified atom stereocenters. The molecule has 6 heteroatoms. The monoisotopic (exact) mass is 423 g/mol. The van der Waals surface area contributed by atoms with Crippen molar-refractivity contribution in [3.8, 4) is 0 Å². The zero-order valence-electron chi connectivity index (χ0n) is 17.4. The number of ether oxygens (including phenoxy) is 2. The maximum Gasteiger partial charge on any atom is 0.213 e. The van der Waals surface area contributed by atoms with Crippen molar-refractivity contribution in [1.82, 2.24) is 14.5 Å². The SMILES string of the molecule is Cc1cnccc1C1(Cn2c3c(c4cc(Cl)ccc42)C2CCC(C3)N2C)OCCO1. The van der Waals surface area contributed by atoms with Crippen molar-refractivity contribution in [2.75, 3.05) is 20.3 Å². The second-order valence-corrected chi connectivity index (χ2v) is 9.30. The lowest BCUT2D eigenvalue weighted by atomic mass is 9.97. The molecule has 156 valence electrons. The number of benzene rings is 1. The van der Waals surface area contributed by atoms with Gasteiger partial charge in [0.25, 0.3) is 0 Å². The molecule has 3 aromatic rings. The van der Waals surface area contributed by atoms with Crippen LogP contribution in [0.4, 0.5) is 0 Å². The first kappa shape index (κ1) is 18.8. The van der Waals surface area contributed by atoms with E-state index in [9.17, 15) is 0 Å². The molecule has 0 N–H and O–H groups in total. The van der Waals surface area contributed by atoms with E-state index < -0.39 is 5.79 Å². The Kier molecular flexibility index (Phi) is 4.26. The van der Waals surface area contributed by atoms with Gasteiger partial charge in [-0.3, -0.25) is 9.88 Å². The van der Waals surface area contributed by atoms with Crippen LogP contribution in [-0.2, 0) is 28.2 Å². The van der Waals surface area contributed by atoms with E-state index in [2.05, 4.69) is 40.6 Å². The largest absolute Gasteiger partial charge is 0.342 e. The highest BCUT2D eigenvalue weighted by atomic mass is 35.5. The number of fused-ring (bicyclic) bond motifs is 6. The summed E-state index contributed by atoms with van der Waals surface area (Å²) in [5.74, 6) is -0.783. The van der Waals surface area contributed by atoms with Gasteiger partial charge in [-0.15, -0.1) is 0 Å². The molecule has 3 aliphatic rings. The number of likely N-dealkylation sites (N-methyl/N-ethyl adjacent to an activating group) is 1. The molecule has 2 atom stereocenters. The fraction of sp³-hybridized carbons (Fsp3) is 0.458. The average Bonchev–Trinajstić information content (AvgIpc) is 3.38. The maximum absolute atomic E-state index is 6.44. The van der Waals surface area contributed by atoms with Crippen molar-refractivity contribution >= 4 is 22.5 Å². The van der Waals surface area contributed by atoms with Gasteiger partial charge in [0.05, 0.1) is 19.8 Å².